The summed E-state index contributed by atoms with van der Waals surface area (Å²) in [5.74, 6) is -0.383. The Hall–Kier alpha value is -2.86. The van der Waals surface area contributed by atoms with E-state index in [-0.39, 0.29) is 25.8 Å². The monoisotopic (exact) mass is 343 g/mol. The summed E-state index contributed by atoms with van der Waals surface area (Å²) in [6.45, 7) is 1.28. The highest BCUT2D eigenvalue weighted by molar-refractivity contribution is 5.89. The second kappa shape index (κ2) is 10.8. The molecule has 0 atom stereocenters. The highest BCUT2D eigenvalue weighted by atomic mass is 16.6. The first-order valence-electron chi connectivity index (χ1n) is 8.00. The molecule has 0 heterocycles. The number of rotatable bonds is 9. The molecule has 2 rings (SSSR count). The van der Waals surface area contributed by atoms with Crippen LogP contribution in [-0.2, 0) is 20.8 Å². The van der Waals surface area contributed by atoms with E-state index in [1.54, 1.807) is 24.3 Å². The minimum absolute atomic E-state index is 0.159. The second-order valence-electron chi connectivity index (χ2n) is 5.10. The number of hydrogen-bond donors (Lipinski definition) is 1. The van der Waals surface area contributed by atoms with Crippen LogP contribution in [0.15, 0.2) is 60.7 Å². The van der Waals surface area contributed by atoms with Gasteiger partial charge in [-0.2, -0.15) is 0 Å². The summed E-state index contributed by atoms with van der Waals surface area (Å²) in [5.41, 5.74) is 1.43. The first kappa shape index (κ1) is 18.5. The zero-order valence-corrected chi connectivity index (χ0v) is 13.9. The Morgan fingerprint density at radius 2 is 1.48 bits per heavy atom. The number of carbonyl (C=O) groups excluding carboxylic acids is 2. The third-order valence-electron chi connectivity index (χ3n) is 3.20. The molecule has 0 aliphatic heterocycles. The zero-order valence-electron chi connectivity index (χ0n) is 13.9. The Balaban J connectivity index is 1.46. The molecule has 0 aliphatic carbocycles. The van der Waals surface area contributed by atoms with Crippen LogP contribution in [0, 0.1) is 0 Å². The van der Waals surface area contributed by atoms with Crippen LogP contribution < -0.4 is 5.32 Å². The van der Waals surface area contributed by atoms with Crippen LogP contribution in [0.4, 0.5) is 4.79 Å². The largest absolute Gasteiger partial charge is 0.460 e. The van der Waals surface area contributed by atoms with E-state index in [1.807, 2.05) is 36.4 Å². The SMILES string of the molecule is O=C(NCCOCCOC(=O)c1ccccc1)OCc1ccccc1. The van der Waals surface area contributed by atoms with Gasteiger partial charge in [-0.1, -0.05) is 48.5 Å². The topological polar surface area (TPSA) is 73.9 Å². The molecule has 0 aromatic heterocycles. The molecule has 0 bridgehead atoms. The zero-order chi connectivity index (χ0) is 17.7. The van der Waals surface area contributed by atoms with Gasteiger partial charge in [0, 0.05) is 6.54 Å². The number of esters is 1. The molecule has 6 nitrogen and oxygen atoms in total. The number of ether oxygens (including phenoxy) is 3. The maximum atomic E-state index is 11.7. The summed E-state index contributed by atoms with van der Waals surface area (Å²) in [5, 5.41) is 2.58. The van der Waals surface area contributed by atoms with Gasteiger partial charge < -0.3 is 19.5 Å². The standard InChI is InChI=1S/C19H21NO5/c21-18(17-9-5-2-6-10-17)24-14-13-23-12-11-20-19(22)25-15-16-7-3-1-4-8-16/h1-10H,11-15H2,(H,20,22). The van der Waals surface area contributed by atoms with E-state index in [9.17, 15) is 9.59 Å². The Kier molecular flexibility index (Phi) is 8.00. The number of carbonyl (C=O) groups is 2. The molecule has 25 heavy (non-hydrogen) atoms. The lowest BCUT2D eigenvalue weighted by Crippen LogP contribution is -2.28. The number of alkyl carbamates (subject to hydrolysis) is 1. The number of amides is 1. The first-order chi connectivity index (χ1) is 12.3. The fourth-order valence-corrected chi connectivity index (χ4v) is 1.95. The Bertz CT molecular complexity index is 645. The van der Waals surface area contributed by atoms with Crippen molar-refractivity contribution in [1.82, 2.24) is 5.32 Å². The van der Waals surface area contributed by atoms with Crippen molar-refractivity contribution >= 4 is 12.1 Å². The van der Waals surface area contributed by atoms with Gasteiger partial charge in [0.15, 0.2) is 0 Å². The molecule has 1 amide bonds. The second-order valence-corrected chi connectivity index (χ2v) is 5.10. The Morgan fingerprint density at radius 1 is 0.800 bits per heavy atom. The summed E-state index contributed by atoms with van der Waals surface area (Å²) in [7, 11) is 0. The molecule has 6 heteroatoms. The molecule has 0 aliphatic rings. The van der Waals surface area contributed by atoms with Crippen molar-refractivity contribution in [1.29, 1.82) is 0 Å². The van der Waals surface area contributed by atoms with Crippen molar-refractivity contribution in [2.75, 3.05) is 26.4 Å². The van der Waals surface area contributed by atoms with E-state index in [0.29, 0.717) is 18.7 Å². The highest BCUT2D eigenvalue weighted by Crippen LogP contribution is 2.01. The Labute approximate surface area is 146 Å². The van der Waals surface area contributed by atoms with Crippen molar-refractivity contribution in [2.45, 2.75) is 6.61 Å². The summed E-state index contributed by atoms with van der Waals surface area (Å²) in [6.07, 6.45) is -0.497. The summed E-state index contributed by atoms with van der Waals surface area (Å²) < 4.78 is 15.4. The third-order valence-corrected chi connectivity index (χ3v) is 3.20. The van der Waals surface area contributed by atoms with Gasteiger partial charge in [-0.3, -0.25) is 0 Å². The minimum Gasteiger partial charge on any atom is -0.460 e. The predicted molar refractivity (Wildman–Crippen MR) is 92.2 cm³/mol. The van der Waals surface area contributed by atoms with Crippen LogP contribution in [0.25, 0.3) is 0 Å². The quantitative estimate of drug-likeness (QED) is 0.560. The predicted octanol–water partition coefficient (Wildman–Crippen LogP) is 2.79. The van der Waals surface area contributed by atoms with Gasteiger partial charge in [-0.25, -0.2) is 9.59 Å². The van der Waals surface area contributed by atoms with E-state index in [0.717, 1.165) is 5.56 Å². The molecule has 0 fully saturated rings. The molecule has 0 saturated heterocycles. The molecule has 0 unspecified atom stereocenters. The van der Waals surface area contributed by atoms with Gasteiger partial charge in [0.25, 0.3) is 0 Å². The molecule has 132 valence electrons. The molecule has 2 aromatic rings. The van der Waals surface area contributed by atoms with Crippen molar-refractivity contribution in [3.8, 4) is 0 Å². The van der Waals surface area contributed by atoms with Crippen molar-refractivity contribution < 1.29 is 23.8 Å². The maximum Gasteiger partial charge on any atom is 0.407 e. The van der Waals surface area contributed by atoms with E-state index in [1.165, 1.54) is 0 Å². The van der Waals surface area contributed by atoms with Crippen LogP contribution in [0.5, 0.6) is 0 Å². The van der Waals surface area contributed by atoms with Crippen molar-refractivity contribution in [3.05, 3.63) is 71.8 Å². The van der Waals surface area contributed by atoms with Crippen LogP contribution >= 0.6 is 0 Å². The normalized spacial score (nSPS) is 10.1. The van der Waals surface area contributed by atoms with Crippen LogP contribution in [-0.4, -0.2) is 38.4 Å². The number of nitrogens with one attached hydrogen (secondary N) is 1. The van der Waals surface area contributed by atoms with Gasteiger partial charge >= 0.3 is 12.1 Å². The molecular weight excluding hydrogens is 322 g/mol. The number of hydrogen-bond acceptors (Lipinski definition) is 5. The van der Waals surface area contributed by atoms with E-state index >= 15 is 0 Å². The van der Waals surface area contributed by atoms with Gasteiger partial charge in [0.1, 0.15) is 13.2 Å². The van der Waals surface area contributed by atoms with Gasteiger partial charge in [0.05, 0.1) is 18.8 Å². The molecule has 0 spiro atoms. The molecule has 1 N–H and O–H groups in total. The molecule has 2 aromatic carbocycles. The lowest BCUT2D eigenvalue weighted by Gasteiger charge is -2.08. The maximum absolute atomic E-state index is 11.7. The summed E-state index contributed by atoms with van der Waals surface area (Å²) >= 11 is 0. The van der Waals surface area contributed by atoms with Crippen molar-refractivity contribution in [3.63, 3.8) is 0 Å². The van der Waals surface area contributed by atoms with Crippen LogP contribution in [0.3, 0.4) is 0 Å². The van der Waals surface area contributed by atoms with E-state index in [4.69, 9.17) is 14.2 Å². The fourth-order valence-electron chi connectivity index (χ4n) is 1.95. The van der Waals surface area contributed by atoms with Gasteiger partial charge in [-0.15, -0.1) is 0 Å². The Morgan fingerprint density at radius 3 is 2.20 bits per heavy atom. The fraction of sp³-hybridized carbons (Fsp3) is 0.263. The first-order valence-corrected chi connectivity index (χ1v) is 8.00. The van der Waals surface area contributed by atoms with E-state index < -0.39 is 6.09 Å². The lowest BCUT2D eigenvalue weighted by atomic mass is 10.2. The van der Waals surface area contributed by atoms with Crippen LogP contribution in [0.2, 0.25) is 0 Å². The number of benzene rings is 2. The molecular formula is C19H21NO5. The smallest absolute Gasteiger partial charge is 0.407 e. The van der Waals surface area contributed by atoms with E-state index in [2.05, 4.69) is 5.32 Å². The van der Waals surface area contributed by atoms with Gasteiger partial charge in [-0.05, 0) is 17.7 Å². The summed E-state index contributed by atoms with van der Waals surface area (Å²) in [4.78, 5) is 23.2. The lowest BCUT2D eigenvalue weighted by molar-refractivity contribution is 0.0321. The van der Waals surface area contributed by atoms with Crippen LogP contribution in [0.1, 0.15) is 15.9 Å². The average Bonchev–Trinajstić information content (AvgIpc) is 2.67. The average molecular weight is 343 g/mol. The third kappa shape index (κ3) is 7.50. The van der Waals surface area contributed by atoms with Crippen molar-refractivity contribution in [2.24, 2.45) is 0 Å². The van der Waals surface area contributed by atoms with Gasteiger partial charge in [0.2, 0.25) is 0 Å². The minimum atomic E-state index is -0.497. The highest BCUT2D eigenvalue weighted by Gasteiger charge is 2.05. The summed E-state index contributed by atoms with van der Waals surface area (Å²) in [6, 6.07) is 18.2. The molecule has 0 saturated carbocycles. The molecule has 0 radical (unpaired) electrons.